The molecule has 2 heterocycles. The number of carbonyl (C=O) groups excluding carboxylic acids is 1. The van der Waals surface area contributed by atoms with Crippen LogP contribution in [0.25, 0.3) is 0 Å². The minimum absolute atomic E-state index is 0.0370. The summed E-state index contributed by atoms with van der Waals surface area (Å²) in [7, 11) is 0. The van der Waals surface area contributed by atoms with Gasteiger partial charge in [0.1, 0.15) is 5.15 Å². The molecule has 1 fully saturated rings. The third-order valence-corrected chi connectivity index (χ3v) is 2.70. The summed E-state index contributed by atoms with van der Waals surface area (Å²) in [6.07, 6.45) is 1.52. The molecule has 0 bridgehead atoms. The summed E-state index contributed by atoms with van der Waals surface area (Å²) in [5, 5.41) is 9.11. The van der Waals surface area contributed by atoms with E-state index in [4.69, 9.17) is 16.7 Å². The maximum absolute atomic E-state index is 11.6. The molecular formula is C10H9ClN2O3. The lowest BCUT2D eigenvalue weighted by molar-refractivity contribution is -0.141. The van der Waals surface area contributed by atoms with Crippen molar-refractivity contribution in [2.75, 3.05) is 11.4 Å². The standard InChI is InChI=1S/C10H9ClN2O3/c11-8-4-7(1-2-12-8)13-5-6(10(15)16)3-9(13)14/h1-2,4,6H,3,5H2,(H,15,16). The van der Waals surface area contributed by atoms with Crippen LogP contribution >= 0.6 is 11.6 Å². The van der Waals surface area contributed by atoms with Crippen molar-refractivity contribution in [3.63, 3.8) is 0 Å². The number of nitrogens with zero attached hydrogens (tertiary/aromatic N) is 2. The highest BCUT2D eigenvalue weighted by Gasteiger charge is 2.35. The van der Waals surface area contributed by atoms with Gasteiger partial charge >= 0.3 is 5.97 Å². The van der Waals surface area contributed by atoms with Crippen LogP contribution in [0.5, 0.6) is 0 Å². The molecule has 5 nitrogen and oxygen atoms in total. The van der Waals surface area contributed by atoms with Crippen molar-refractivity contribution in [2.24, 2.45) is 5.92 Å². The van der Waals surface area contributed by atoms with Crippen LogP contribution in [-0.2, 0) is 9.59 Å². The zero-order chi connectivity index (χ0) is 11.7. The SMILES string of the molecule is O=C(O)C1CC(=O)N(c2ccnc(Cl)c2)C1. The first-order valence-electron chi connectivity index (χ1n) is 4.72. The van der Waals surface area contributed by atoms with Crippen LogP contribution in [0.3, 0.4) is 0 Å². The van der Waals surface area contributed by atoms with Crippen molar-refractivity contribution in [1.82, 2.24) is 4.98 Å². The Kier molecular flexibility index (Phi) is 2.78. The second-order valence-electron chi connectivity index (χ2n) is 3.58. The summed E-state index contributed by atoms with van der Waals surface area (Å²) >= 11 is 5.70. The second kappa shape index (κ2) is 4.09. The monoisotopic (exact) mass is 240 g/mol. The summed E-state index contributed by atoms with van der Waals surface area (Å²) in [5.41, 5.74) is 0.591. The number of amides is 1. The Labute approximate surface area is 96.7 Å². The van der Waals surface area contributed by atoms with E-state index in [-0.39, 0.29) is 24.0 Å². The van der Waals surface area contributed by atoms with Crippen molar-refractivity contribution in [2.45, 2.75) is 6.42 Å². The highest BCUT2D eigenvalue weighted by molar-refractivity contribution is 6.29. The third kappa shape index (κ3) is 1.99. The quantitative estimate of drug-likeness (QED) is 0.788. The fourth-order valence-corrected chi connectivity index (χ4v) is 1.85. The van der Waals surface area contributed by atoms with Crippen molar-refractivity contribution >= 4 is 29.2 Å². The van der Waals surface area contributed by atoms with Crippen molar-refractivity contribution < 1.29 is 14.7 Å². The van der Waals surface area contributed by atoms with Gasteiger partial charge in [-0.1, -0.05) is 11.6 Å². The topological polar surface area (TPSA) is 70.5 Å². The average Bonchev–Trinajstić information content (AvgIpc) is 2.60. The lowest BCUT2D eigenvalue weighted by atomic mass is 10.1. The first kappa shape index (κ1) is 10.9. The average molecular weight is 241 g/mol. The van der Waals surface area contributed by atoms with E-state index >= 15 is 0 Å². The van der Waals surface area contributed by atoms with Gasteiger partial charge in [0, 0.05) is 24.8 Å². The number of pyridine rings is 1. The molecule has 1 unspecified atom stereocenters. The number of anilines is 1. The van der Waals surface area contributed by atoms with Crippen LogP contribution < -0.4 is 4.90 Å². The summed E-state index contributed by atoms with van der Waals surface area (Å²) in [5.74, 6) is -1.79. The Hall–Kier alpha value is -1.62. The smallest absolute Gasteiger partial charge is 0.308 e. The van der Waals surface area contributed by atoms with E-state index < -0.39 is 11.9 Å². The molecule has 0 aromatic carbocycles. The van der Waals surface area contributed by atoms with E-state index in [1.165, 1.54) is 11.1 Å². The van der Waals surface area contributed by atoms with Gasteiger partial charge in [0.15, 0.2) is 0 Å². The highest BCUT2D eigenvalue weighted by atomic mass is 35.5. The Balaban J connectivity index is 2.23. The van der Waals surface area contributed by atoms with Gasteiger partial charge in [0.25, 0.3) is 0 Å². The molecule has 0 saturated carbocycles. The van der Waals surface area contributed by atoms with Gasteiger partial charge in [0.05, 0.1) is 5.92 Å². The number of carboxylic acids is 1. The van der Waals surface area contributed by atoms with Crippen LogP contribution in [0.15, 0.2) is 18.3 Å². The number of carbonyl (C=O) groups is 2. The fourth-order valence-electron chi connectivity index (χ4n) is 1.68. The highest BCUT2D eigenvalue weighted by Crippen LogP contribution is 2.26. The summed E-state index contributed by atoms with van der Waals surface area (Å²) in [6.45, 7) is 0.189. The maximum Gasteiger partial charge on any atom is 0.308 e. The van der Waals surface area contributed by atoms with Gasteiger partial charge in [-0.25, -0.2) is 4.98 Å². The number of aliphatic carboxylic acids is 1. The number of halogens is 1. The molecule has 1 aliphatic rings. The van der Waals surface area contributed by atoms with Crippen LogP contribution in [0.4, 0.5) is 5.69 Å². The first-order valence-corrected chi connectivity index (χ1v) is 5.10. The fraction of sp³-hybridized carbons (Fsp3) is 0.300. The van der Waals surface area contributed by atoms with Gasteiger partial charge < -0.3 is 10.0 Å². The van der Waals surface area contributed by atoms with Gasteiger partial charge in [-0.15, -0.1) is 0 Å². The summed E-state index contributed by atoms with van der Waals surface area (Å²) < 4.78 is 0. The molecule has 1 N–H and O–H groups in total. The minimum Gasteiger partial charge on any atom is -0.481 e. The van der Waals surface area contributed by atoms with Crippen LogP contribution in [-0.4, -0.2) is 28.5 Å². The molecule has 1 aromatic rings. The molecule has 2 rings (SSSR count). The van der Waals surface area contributed by atoms with Crippen molar-refractivity contribution in [3.8, 4) is 0 Å². The molecule has 1 atom stereocenters. The van der Waals surface area contributed by atoms with E-state index in [0.29, 0.717) is 5.69 Å². The Morgan fingerprint density at radius 3 is 2.94 bits per heavy atom. The second-order valence-corrected chi connectivity index (χ2v) is 3.97. The first-order chi connectivity index (χ1) is 7.58. The lowest BCUT2D eigenvalue weighted by Gasteiger charge is -2.15. The predicted molar refractivity (Wildman–Crippen MR) is 57.3 cm³/mol. The Morgan fingerprint density at radius 1 is 1.62 bits per heavy atom. The molecule has 1 aliphatic heterocycles. The molecule has 1 aromatic heterocycles. The number of hydrogen-bond donors (Lipinski definition) is 1. The number of carboxylic acid groups (broad SMARTS) is 1. The largest absolute Gasteiger partial charge is 0.481 e. The van der Waals surface area contributed by atoms with Crippen molar-refractivity contribution in [1.29, 1.82) is 0 Å². The number of rotatable bonds is 2. The minimum atomic E-state index is -0.948. The van der Waals surface area contributed by atoms with Crippen LogP contribution in [0.2, 0.25) is 5.15 Å². The van der Waals surface area contributed by atoms with Gasteiger partial charge in [-0.05, 0) is 12.1 Å². The zero-order valence-electron chi connectivity index (χ0n) is 8.26. The Morgan fingerprint density at radius 2 is 2.38 bits per heavy atom. The number of hydrogen-bond acceptors (Lipinski definition) is 3. The zero-order valence-corrected chi connectivity index (χ0v) is 9.02. The molecule has 84 valence electrons. The van der Waals surface area contributed by atoms with E-state index in [2.05, 4.69) is 4.98 Å². The van der Waals surface area contributed by atoms with E-state index in [9.17, 15) is 9.59 Å². The third-order valence-electron chi connectivity index (χ3n) is 2.50. The van der Waals surface area contributed by atoms with E-state index in [0.717, 1.165) is 0 Å². The molecular weight excluding hydrogens is 232 g/mol. The molecule has 1 saturated heterocycles. The molecule has 1 amide bonds. The molecule has 0 radical (unpaired) electrons. The Bertz CT molecular complexity index is 449. The van der Waals surface area contributed by atoms with E-state index in [1.807, 2.05) is 0 Å². The number of aromatic nitrogens is 1. The summed E-state index contributed by atoms with van der Waals surface area (Å²) in [6, 6.07) is 3.18. The normalized spacial score (nSPS) is 20.2. The molecule has 0 aliphatic carbocycles. The molecule has 0 spiro atoms. The molecule has 16 heavy (non-hydrogen) atoms. The van der Waals surface area contributed by atoms with Gasteiger partial charge in [-0.3, -0.25) is 9.59 Å². The van der Waals surface area contributed by atoms with Gasteiger partial charge in [0.2, 0.25) is 5.91 Å². The molecule has 6 heteroatoms. The van der Waals surface area contributed by atoms with Crippen LogP contribution in [0, 0.1) is 5.92 Å². The predicted octanol–water partition coefficient (Wildman–Crippen LogP) is 1.17. The lowest BCUT2D eigenvalue weighted by Crippen LogP contribution is -2.25. The van der Waals surface area contributed by atoms with E-state index in [1.54, 1.807) is 12.1 Å². The van der Waals surface area contributed by atoms with Gasteiger partial charge in [-0.2, -0.15) is 0 Å². The van der Waals surface area contributed by atoms with Crippen LogP contribution in [0.1, 0.15) is 6.42 Å². The summed E-state index contributed by atoms with van der Waals surface area (Å²) in [4.78, 5) is 27.6. The van der Waals surface area contributed by atoms with Crippen molar-refractivity contribution in [3.05, 3.63) is 23.5 Å². The maximum atomic E-state index is 11.6.